The number of amides is 1. The van der Waals surface area contributed by atoms with Crippen LogP contribution in [0.2, 0.25) is 0 Å². The lowest BCUT2D eigenvalue weighted by molar-refractivity contribution is -0.144. The van der Waals surface area contributed by atoms with Crippen molar-refractivity contribution in [2.45, 2.75) is 38.8 Å². The number of carbonyl (C=O) groups excluding carboxylic acids is 1. The van der Waals surface area contributed by atoms with Crippen LogP contribution in [0, 0.1) is 5.92 Å². The molecule has 2 N–H and O–H groups in total. The van der Waals surface area contributed by atoms with Gasteiger partial charge in [-0.15, -0.1) is 0 Å². The Bertz CT molecular complexity index is 730. The summed E-state index contributed by atoms with van der Waals surface area (Å²) >= 11 is 0. The summed E-state index contributed by atoms with van der Waals surface area (Å²) in [7, 11) is 0. The van der Waals surface area contributed by atoms with Crippen molar-refractivity contribution in [1.29, 1.82) is 0 Å². The van der Waals surface area contributed by atoms with Gasteiger partial charge in [-0.3, -0.25) is 0 Å². The van der Waals surface area contributed by atoms with Gasteiger partial charge in [-0.1, -0.05) is 74.5 Å². The molecule has 0 heterocycles. The molecule has 26 heavy (non-hydrogen) atoms. The zero-order valence-electron chi connectivity index (χ0n) is 15.3. The van der Waals surface area contributed by atoms with E-state index in [0.29, 0.717) is 0 Å². The summed E-state index contributed by atoms with van der Waals surface area (Å²) < 4.78 is 5.57. The van der Waals surface area contributed by atoms with Gasteiger partial charge in [0.05, 0.1) is 0 Å². The van der Waals surface area contributed by atoms with Gasteiger partial charge in [0.25, 0.3) is 0 Å². The number of aliphatic carboxylic acids is 1. The van der Waals surface area contributed by atoms with E-state index in [1.54, 1.807) is 0 Å². The Kier molecular flexibility index (Phi) is 6.39. The molecule has 0 radical (unpaired) electrons. The second kappa shape index (κ2) is 8.52. The number of ether oxygens (including phenoxy) is 1. The van der Waals surface area contributed by atoms with Crippen LogP contribution in [0.5, 0.6) is 0 Å². The maximum atomic E-state index is 12.4. The van der Waals surface area contributed by atoms with Crippen LogP contribution in [0.4, 0.5) is 4.79 Å². The Labute approximate surface area is 154 Å². The first-order valence-corrected chi connectivity index (χ1v) is 8.63. The molecule has 2 aromatic carbocycles. The number of carbonyl (C=O) groups is 2. The Hall–Kier alpha value is -2.82. The van der Waals surface area contributed by atoms with Crippen LogP contribution in [-0.4, -0.2) is 22.7 Å². The van der Waals surface area contributed by atoms with Crippen molar-refractivity contribution < 1.29 is 19.4 Å². The quantitative estimate of drug-likeness (QED) is 0.781. The van der Waals surface area contributed by atoms with Crippen LogP contribution in [0.1, 0.15) is 38.0 Å². The molecule has 5 heteroatoms. The van der Waals surface area contributed by atoms with Crippen molar-refractivity contribution in [3.63, 3.8) is 0 Å². The number of carboxylic acids is 1. The standard InChI is InChI=1S/C21H25NO4/c1-15(2)18(17-12-8-5-9-13-17)26-20(25)22-21(3,19(23)24)14-16-10-6-4-7-11-16/h4-13,15,18H,14H2,1-3H3,(H,22,25)(H,23,24)/t18-,21-/m1/s1. The van der Waals surface area contributed by atoms with Crippen LogP contribution >= 0.6 is 0 Å². The molecule has 2 aromatic rings. The summed E-state index contributed by atoms with van der Waals surface area (Å²) in [5, 5.41) is 12.2. The van der Waals surface area contributed by atoms with Gasteiger partial charge in [0.1, 0.15) is 11.6 Å². The summed E-state index contributed by atoms with van der Waals surface area (Å²) in [4.78, 5) is 24.2. The molecule has 0 unspecified atom stereocenters. The first-order valence-electron chi connectivity index (χ1n) is 8.63. The fraction of sp³-hybridized carbons (Fsp3) is 0.333. The highest BCUT2D eigenvalue weighted by molar-refractivity contribution is 5.84. The number of benzene rings is 2. The van der Waals surface area contributed by atoms with E-state index in [2.05, 4.69) is 5.32 Å². The average molecular weight is 355 g/mol. The fourth-order valence-electron chi connectivity index (χ4n) is 2.78. The Morgan fingerprint density at radius 2 is 1.58 bits per heavy atom. The predicted octanol–water partition coefficient (Wildman–Crippen LogP) is 4.20. The number of rotatable bonds is 7. The van der Waals surface area contributed by atoms with Crippen molar-refractivity contribution in [2.24, 2.45) is 5.92 Å². The van der Waals surface area contributed by atoms with Crippen LogP contribution in [0.3, 0.4) is 0 Å². The largest absolute Gasteiger partial charge is 0.480 e. The van der Waals surface area contributed by atoms with Gasteiger partial charge in [0.15, 0.2) is 0 Å². The Balaban J connectivity index is 2.12. The number of carboxylic acid groups (broad SMARTS) is 1. The van der Waals surface area contributed by atoms with Crippen molar-refractivity contribution >= 4 is 12.1 Å². The van der Waals surface area contributed by atoms with Gasteiger partial charge in [-0.2, -0.15) is 0 Å². The molecular formula is C21H25NO4. The van der Waals surface area contributed by atoms with Crippen LogP contribution in [0.15, 0.2) is 60.7 Å². The number of nitrogens with one attached hydrogen (secondary N) is 1. The molecule has 2 atom stereocenters. The van der Waals surface area contributed by atoms with E-state index < -0.39 is 23.7 Å². The van der Waals surface area contributed by atoms with Crippen LogP contribution < -0.4 is 5.32 Å². The molecule has 0 spiro atoms. The van der Waals surface area contributed by atoms with Crippen LogP contribution in [0.25, 0.3) is 0 Å². The maximum absolute atomic E-state index is 12.4. The molecule has 2 rings (SSSR count). The molecule has 5 nitrogen and oxygen atoms in total. The van der Waals surface area contributed by atoms with E-state index in [1.165, 1.54) is 6.92 Å². The van der Waals surface area contributed by atoms with Crippen molar-refractivity contribution in [1.82, 2.24) is 5.32 Å². The SMILES string of the molecule is CC(C)[C@@H](OC(=O)N[C@](C)(Cc1ccccc1)C(=O)O)c1ccccc1. The second-order valence-corrected chi connectivity index (χ2v) is 6.91. The lowest BCUT2D eigenvalue weighted by Gasteiger charge is -2.28. The van der Waals surface area contributed by atoms with E-state index in [-0.39, 0.29) is 12.3 Å². The molecule has 0 bridgehead atoms. The van der Waals surface area contributed by atoms with Gasteiger partial charge < -0.3 is 15.2 Å². The topological polar surface area (TPSA) is 75.6 Å². The van der Waals surface area contributed by atoms with Crippen molar-refractivity contribution in [3.8, 4) is 0 Å². The smallest absolute Gasteiger partial charge is 0.408 e. The van der Waals surface area contributed by atoms with Crippen molar-refractivity contribution in [2.75, 3.05) is 0 Å². The minimum Gasteiger partial charge on any atom is -0.480 e. The zero-order valence-corrected chi connectivity index (χ0v) is 15.3. The first kappa shape index (κ1) is 19.5. The van der Waals surface area contributed by atoms with Gasteiger partial charge in [0.2, 0.25) is 0 Å². The Morgan fingerprint density at radius 3 is 2.08 bits per heavy atom. The Morgan fingerprint density at radius 1 is 1.04 bits per heavy atom. The lowest BCUT2D eigenvalue weighted by atomic mass is 9.93. The van der Waals surface area contributed by atoms with Gasteiger partial charge in [-0.05, 0) is 24.0 Å². The molecule has 138 valence electrons. The number of alkyl carbamates (subject to hydrolysis) is 1. The summed E-state index contributed by atoms with van der Waals surface area (Å²) in [5.41, 5.74) is 0.232. The molecule has 0 saturated carbocycles. The van der Waals surface area contributed by atoms with E-state index in [1.807, 2.05) is 74.5 Å². The second-order valence-electron chi connectivity index (χ2n) is 6.91. The van der Waals surface area contributed by atoms with E-state index >= 15 is 0 Å². The van der Waals surface area contributed by atoms with Gasteiger partial charge in [-0.25, -0.2) is 9.59 Å². The minimum absolute atomic E-state index is 0.0494. The van der Waals surface area contributed by atoms with E-state index in [4.69, 9.17) is 4.74 Å². The molecule has 0 aliphatic heterocycles. The third-order valence-corrected chi connectivity index (χ3v) is 4.22. The minimum atomic E-state index is -1.46. The summed E-state index contributed by atoms with van der Waals surface area (Å²) in [6.07, 6.45) is -1.03. The maximum Gasteiger partial charge on any atom is 0.408 e. The molecule has 0 aliphatic carbocycles. The molecule has 0 aliphatic rings. The van der Waals surface area contributed by atoms with Crippen molar-refractivity contribution in [3.05, 3.63) is 71.8 Å². The normalized spacial score (nSPS) is 14.3. The van der Waals surface area contributed by atoms with Crippen LogP contribution in [-0.2, 0) is 16.0 Å². The fourth-order valence-corrected chi connectivity index (χ4v) is 2.78. The molecule has 1 amide bonds. The molecular weight excluding hydrogens is 330 g/mol. The number of hydrogen-bond donors (Lipinski definition) is 2. The van der Waals surface area contributed by atoms with Gasteiger partial charge in [0, 0.05) is 6.42 Å². The highest BCUT2D eigenvalue weighted by atomic mass is 16.6. The van der Waals surface area contributed by atoms with Gasteiger partial charge >= 0.3 is 12.1 Å². The summed E-state index contributed by atoms with van der Waals surface area (Å²) in [5.74, 6) is -1.06. The predicted molar refractivity (Wildman–Crippen MR) is 99.8 cm³/mol. The third kappa shape index (κ3) is 5.09. The lowest BCUT2D eigenvalue weighted by Crippen LogP contribution is -2.54. The summed E-state index contributed by atoms with van der Waals surface area (Å²) in [6, 6.07) is 18.6. The molecule has 0 saturated heterocycles. The van der Waals surface area contributed by atoms with E-state index in [9.17, 15) is 14.7 Å². The zero-order chi connectivity index (χ0) is 19.2. The first-order chi connectivity index (χ1) is 12.3. The molecule has 0 aromatic heterocycles. The highest BCUT2D eigenvalue weighted by Crippen LogP contribution is 2.26. The highest BCUT2D eigenvalue weighted by Gasteiger charge is 2.36. The monoisotopic (exact) mass is 355 g/mol. The average Bonchev–Trinajstić information content (AvgIpc) is 2.60. The van der Waals surface area contributed by atoms with E-state index in [0.717, 1.165) is 11.1 Å². The number of hydrogen-bond acceptors (Lipinski definition) is 3. The summed E-state index contributed by atoms with van der Waals surface area (Å²) in [6.45, 7) is 5.38. The third-order valence-electron chi connectivity index (χ3n) is 4.22. The molecule has 0 fully saturated rings.